The van der Waals surface area contributed by atoms with Gasteiger partial charge in [-0.1, -0.05) is 61.9 Å². The monoisotopic (exact) mass is 306 g/mol. The van der Waals surface area contributed by atoms with Gasteiger partial charge in [0.2, 0.25) is 0 Å². The van der Waals surface area contributed by atoms with E-state index in [4.69, 9.17) is 5.10 Å². The highest BCUT2D eigenvalue weighted by molar-refractivity contribution is 5.68. The summed E-state index contributed by atoms with van der Waals surface area (Å²) in [5.74, 6) is 0.718. The van der Waals surface area contributed by atoms with Crippen LogP contribution < -0.4 is 0 Å². The summed E-state index contributed by atoms with van der Waals surface area (Å²) >= 11 is 0. The molecule has 1 heterocycles. The molecule has 0 aliphatic rings. The standard InChI is InChI=1S/C20H22N2O/c1-14(2)13-18-20(23)19(16-7-5-4-6-8-16)21-22(18)17-11-9-15(3)10-12-17/h4-12,14,23H,13H2,1-3H3. The maximum absolute atomic E-state index is 10.7. The third-order valence-corrected chi connectivity index (χ3v) is 3.88. The van der Waals surface area contributed by atoms with Crippen LogP contribution in [-0.2, 0) is 6.42 Å². The Balaban J connectivity index is 2.16. The van der Waals surface area contributed by atoms with E-state index in [1.807, 2.05) is 47.1 Å². The zero-order valence-electron chi connectivity index (χ0n) is 13.8. The van der Waals surface area contributed by atoms with Crippen molar-refractivity contribution in [1.29, 1.82) is 0 Å². The van der Waals surface area contributed by atoms with E-state index in [0.717, 1.165) is 23.4 Å². The van der Waals surface area contributed by atoms with Gasteiger partial charge in [0.15, 0.2) is 5.75 Å². The van der Waals surface area contributed by atoms with Crippen LogP contribution >= 0.6 is 0 Å². The molecule has 118 valence electrons. The largest absolute Gasteiger partial charge is 0.504 e. The van der Waals surface area contributed by atoms with Crippen molar-refractivity contribution in [3.05, 3.63) is 65.9 Å². The van der Waals surface area contributed by atoms with Gasteiger partial charge in [-0.3, -0.25) is 0 Å². The molecule has 1 aromatic heterocycles. The Hall–Kier alpha value is -2.55. The van der Waals surface area contributed by atoms with E-state index < -0.39 is 0 Å². The second-order valence-electron chi connectivity index (χ2n) is 6.36. The Labute approximate surface area is 137 Å². The molecule has 0 bridgehead atoms. The van der Waals surface area contributed by atoms with Crippen molar-refractivity contribution < 1.29 is 5.11 Å². The van der Waals surface area contributed by atoms with Gasteiger partial charge in [0, 0.05) is 5.56 Å². The first-order valence-electron chi connectivity index (χ1n) is 7.99. The smallest absolute Gasteiger partial charge is 0.165 e. The van der Waals surface area contributed by atoms with Gasteiger partial charge in [-0.2, -0.15) is 5.10 Å². The van der Waals surface area contributed by atoms with Crippen molar-refractivity contribution in [3.63, 3.8) is 0 Å². The number of rotatable bonds is 4. The number of nitrogens with zero attached hydrogens (tertiary/aromatic N) is 2. The number of hydrogen-bond donors (Lipinski definition) is 1. The van der Waals surface area contributed by atoms with E-state index in [1.54, 1.807) is 0 Å². The molecule has 3 rings (SSSR count). The minimum atomic E-state index is 0.283. The van der Waals surface area contributed by atoms with Crippen molar-refractivity contribution in [2.24, 2.45) is 5.92 Å². The molecule has 0 amide bonds. The molecule has 3 heteroatoms. The molecular formula is C20H22N2O. The molecule has 3 aromatic rings. The van der Waals surface area contributed by atoms with E-state index in [0.29, 0.717) is 11.6 Å². The second-order valence-corrected chi connectivity index (χ2v) is 6.36. The number of benzene rings is 2. The number of hydrogen-bond acceptors (Lipinski definition) is 2. The lowest BCUT2D eigenvalue weighted by atomic mass is 10.1. The highest BCUT2D eigenvalue weighted by Gasteiger charge is 2.20. The summed E-state index contributed by atoms with van der Waals surface area (Å²) in [5.41, 5.74) is 4.62. The van der Waals surface area contributed by atoms with Crippen molar-refractivity contribution in [2.75, 3.05) is 0 Å². The van der Waals surface area contributed by atoms with Crippen LogP contribution in [0.5, 0.6) is 5.75 Å². The summed E-state index contributed by atoms with van der Waals surface area (Å²) in [4.78, 5) is 0. The van der Waals surface area contributed by atoms with Gasteiger partial charge in [0.1, 0.15) is 5.69 Å². The Morgan fingerprint density at radius 1 is 1.00 bits per heavy atom. The van der Waals surface area contributed by atoms with Gasteiger partial charge in [-0.05, 0) is 31.4 Å². The van der Waals surface area contributed by atoms with Gasteiger partial charge >= 0.3 is 0 Å². The van der Waals surface area contributed by atoms with Gasteiger partial charge in [-0.25, -0.2) is 4.68 Å². The third-order valence-electron chi connectivity index (χ3n) is 3.88. The quantitative estimate of drug-likeness (QED) is 0.755. The topological polar surface area (TPSA) is 38.0 Å². The number of aryl methyl sites for hydroxylation is 1. The Morgan fingerprint density at radius 3 is 2.26 bits per heavy atom. The van der Waals surface area contributed by atoms with Crippen LogP contribution in [0.4, 0.5) is 0 Å². The first-order chi connectivity index (χ1) is 11.1. The van der Waals surface area contributed by atoms with Gasteiger partial charge in [-0.15, -0.1) is 0 Å². The number of aromatic hydroxyl groups is 1. The maximum atomic E-state index is 10.7. The molecule has 0 aliphatic heterocycles. The van der Waals surface area contributed by atoms with Gasteiger partial charge in [0.05, 0.1) is 11.4 Å². The van der Waals surface area contributed by atoms with Gasteiger partial charge in [0.25, 0.3) is 0 Å². The summed E-state index contributed by atoms with van der Waals surface area (Å²) in [6.07, 6.45) is 0.777. The third kappa shape index (κ3) is 3.14. The summed E-state index contributed by atoms with van der Waals surface area (Å²) < 4.78 is 1.87. The molecule has 23 heavy (non-hydrogen) atoms. The van der Waals surface area contributed by atoms with Gasteiger partial charge < -0.3 is 5.11 Å². The molecule has 0 spiro atoms. The molecule has 0 aliphatic carbocycles. The Kier molecular flexibility index (Phi) is 4.20. The molecule has 2 aromatic carbocycles. The van der Waals surface area contributed by atoms with E-state index in [2.05, 4.69) is 32.9 Å². The summed E-state index contributed by atoms with van der Waals surface area (Å²) in [6.45, 7) is 6.36. The SMILES string of the molecule is Cc1ccc(-n2nc(-c3ccccc3)c(O)c2CC(C)C)cc1. The van der Waals surface area contributed by atoms with Crippen molar-refractivity contribution in [3.8, 4) is 22.7 Å². The van der Waals surface area contributed by atoms with Crippen molar-refractivity contribution in [2.45, 2.75) is 27.2 Å². The van der Waals surface area contributed by atoms with E-state index in [9.17, 15) is 5.11 Å². The minimum absolute atomic E-state index is 0.283. The van der Waals surface area contributed by atoms with E-state index >= 15 is 0 Å². The van der Waals surface area contributed by atoms with Crippen molar-refractivity contribution >= 4 is 0 Å². The van der Waals surface area contributed by atoms with Crippen LogP contribution in [0.25, 0.3) is 16.9 Å². The first-order valence-corrected chi connectivity index (χ1v) is 7.99. The molecule has 0 saturated heterocycles. The lowest BCUT2D eigenvalue weighted by Gasteiger charge is -2.10. The normalized spacial score (nSPS) is 11.1. The van der Waals surface area contributed by atoms with Crippen LogP contribution in [0.3, 0.4) is 0 Å². The van der Waals surface area contributed by atoms with Crippen molar-refractivity contribution in [1.82, 2.24) is 9.78 Å². The zero-order valence-corrected chi connectivity index (χ0v) is 13.8. The predicted molar refractivity (Wildman–Crippen MR) is 93.9 cm³/mol. The zero-order chi connectivity index (χ0) is 16.4. The molecular weight excluding hydrogens is 284 g/mol. The fourth-order valence-corrected chi connectivity index (χ4v) is 2.70. The van der Waals surface area contributed by atoms with E-state index in [1.165, 1.54) is 5.56 Å². The van der Waals surface area contributed by atoms with E-state index in [-0.39, 0.29) is 5.75 Å². The Bertz CT molecular complexity index is 787. The van der Waals surface area contributed by atoms with Crippen LogP contribution in [0, 0.1) is 12.8 Å². The van der Waals surface area contributed by atoms with Crippen LogP contribution in [0.1, 0.15) is 25.1 Å². The molecule has 0 atom stereocenters. The molecule has 3 nitrogen and oxygen atoms in total. The first kappa shape index (κ1) is 15.3. The minimum Gasteiger partial charge on any atom is -0.504 e. The summed E-state index contributed by atoms with van der Waals surface area (Å²) in [7, 11) is 0. The number of aromatic nitrogens is 2. The highest BCUT2D eigenvalue weighted by atomic mass is 16.3. The lowest BCUT2D eigenvalue weighted by molar-refractivity contribution is 0.461. The predicted octanol–water partition coefficient (Wildman–Crippen LogP) is 4.75. The van der Waals surface area contributed by atoms with Crippen LogP contribution in [0.2, 0.25) is 0 Å². The molecule has 1 N–H and O–H groups in total. The summed E-state index contributed by atoms with van der Waals surface area (Å²) in [5, 5.41) is 15.4. The molecule has 0 saturated carbocycles. The summed E-state index contributed by atoms with van der Waals surface area (Å²) in [6, 6.07) is 18.0. The maximum Gasteiger partial charge on any atom is 0.165 e. The fraction of sp³-hybridized carbons (Fsp3) is 0.250. The Morgan fingerprint density at radius 2 is 1.65 bits per heavy atom. The molecule has 0 radical (unpaired) electrons. The average molecular weight is 306 g/mol. The molecule has 0 fully saturated rings. The fourth-order valence-electron chi connectivity index (χ4n) is 2.70. The highest BCUT2D eigenvalue weighted by Crippen LogP contribution is 2.34. The van der Waals surface area contributed by atoms with Crippen LogP contribution in [-0.4, -0.2) is 14.9 Å². The average Bonchev–Trinajstić information content (AvgIpc) is 2.86. The lowest BCUT2D eigenvalue weighted by Crippen LogP contribution is -2.05. The molecule has 0 unspecified atom stereocenters. The second kappa shape index (κ2) is 6.29. The van der Waals surface area contributed by atoms with Crippen LogP contribution in [0.15, 0.2) is 54.6 Å².